The van der Waals surface area contributed by atoms with E-state index >= 15 is 0 Å². The van der Waals surface area contributed by atoms with Crippen LogP contribution in [-0.2, 0) is 4.74 Å². The second-order valence-electron chi connectivity index (χ2n) is 5.16. The van der Waals surface area contributed by atoms with Crippen molar-refractivity contribution in [3.8, 4) is 6.01 Å². The van der Waals surface area contributed by atoms with Gasteiger partial charge in [0, 0.05) is 12.4 Å². The molecule has 0 spiro atoms. The van der Waals surface area contributed by atoms with Crippen molar-refractivity contribution in [1.82, 2.24) is 14.9 Å². The molecule has 1 amide bonds. The normalized spacial score (nSPS) is 16.1. The molecule has 1 aliphatic rings. The maximum atomic E-state index is 11.7. The van der Waals surface area contributed by atoms with Crippen LogP contribution in [0.4, 0.5) is 4.79 Å². The maximum Gasteiger partial charge on any atom is 0.410 e. The van der Waals surface area contributed by atoms with E-state index in [1.165, 1.54) is 0 Å². The van der Waals surface area contributed by atoms with Crippen LogP contribution in [0.5, 0.6) is 6.01 Å². The fourth-order valence-electron chi connectivity index (χ4n) is 1.48. The minimum Gasteiger partial charge on any atom is -0.456 e. The highest BCUT2D eigenvalue weighted by atomic mass is 16.6. The van der Waals surface area contributed by atoms with Gasteiger partial charge in [-0.3, -0.25) is 0 Å². The highest BCUT2D eigenvalue weighted by Crippen LogP contribution is 2.17. The third-order valence-corrected chi connectivity index (χ3v) is 2.31. The van der Waals surface area contributed by atoms with Gasteiger partial charge in [0.1, 0.15) is 11.7 Å². The average Bonchev–Trinajstić information content (AvgIpc) is 2.21. The van der Waals surface area contributed by atoms with E-state index in [4.69, 9.17) is 9.47 Å². The Balaban J connectivity index is 1.76. The lowest BCUT2D eigenvalue weighted by Gasteiger charge is -2.38. The van der Waals surface area contributed by atoms with E-state index in [1.807, 2.05) is 20.8 Å². The number of carbonyl (C=O) groups excluding carboxylic acids is 1. The van der Waals surface area contributed by atoms with Crippen LogP contribution in [0.25, 0.3) is 0 Å². The molecule has 0 unspecified atom stereocenters. The van der Waals surface area contributed by atoms with Crippen molar-refractivity contribution >= 4 is 6.09 Å². The summed E-state index contributed by atoms with van der Waals surface area (Å²) in [5.74, 6) is 0. The van der Waals surface area contributed by atoms with E-state index in [2.05, 4.69) is 9.97 Å². The first kappa shape index (κ1) is 12.6. The fraction of sp³-hybridized carbons (Fsp3) is 0.583. The van der Waals surface area contributed by atoms with Crippen LogP contribution in [0.2, 0.25) is 0 Å². The monoisotopic (exact) mass is 251 g/mol. The van der Waals surface area contributed by atoms with Gasteiger partial charge in [0.05, 0.1) is 13.1 Å². The summed E-state index contributed by atoms with van der Waals surface area (Å²) in [4.78, 5) is 21.2. The van der Waals surface area contributed by atoms with E-state index in [9.17, 15) is 4.79 Å². The van der Waals surface area contributed by atoms with Crippen LogP contribution in [-0.4, -0.2) is 45.8 Å². The number of likely N-dealkylation sites (tertiary alicyclic amines) is 1. The number of ether oxygens (including phenoxy) is 2. The number of amides is 1. The van der Waals surface area contributed by atoms with Crippen molar-refractivity contribution < 1.29 is 14.3 Å². The van der Waals surface area contributed by atoms with Gasteiger partial charge < -0.3 is 14.4 Å². The zero-order valence-corrected chi connectivity index (χ0v) is 10.8. The largest absolute Gasteiger partial charge is 0.456 e. The van der Waals surface area contributed by atoms with Crippen molar-refractivity contribution in [2.45, 2.75) is 32.5 Å². The molecular formula is C12H17N3O3. The van der Waals surface area contributed by atoms with Gasteiger partial charge in [-0.1, -0.05) is 0 Å². The molecule has 1 aromatic heterocycles. The SMILES string of the molecule is CC(C)(C)OC(=O)N1CC(Oc2ncccn2)C1. The van der Waals surface area contributed by atoms with Crippen LogP contribution in [0.3, 0.4) is 0 Å². The zero-order chi connectivity index (χ0) is 13.2. The number of aromatic nitrogens is 2. The predicted octanol–water partition coefficient (Wildman–Crippen LogP) is 1.47. The molecule has 1 fully saturated rings. The van der Waals surface area contributed by atoms with Crippen molar-refractivity contribution in [1.29, 1.82) is 0 Å². The molecule has 1 aliphatic heterocycles. The van der Waals surface area contributed by atoms with Crippen LogP contribution in [0, 0.1) is 0 Å². The first-order valence-corrected chi connectivity index (χ1v) is 5.86. The van der Waals surface area contributed by atoms with E-state index < -0.39 is 5.60 Å². The molecule has 98 valence electrons. The van der Waals surface area contributed by atoms with Crippen LogP contribution >= 0.6 is 0 Å². The summed E-state index contributed by atoms with van der Waals surface area (Å²) >= 11 is 0. The lowest BCUT2D eigenvalue weighted by atomic mass is 10.2. The zero-order valence-electron chi connectivity index (χ0n) is 10.8. The number of hydrogen-bond acceptors (Lipinski definition) is 5. The Labute approximate surface area is 106 Å². The highest BCUT2D eigenvalue weighted by Gasteiger charge is 2.35. The molecule has 6 heteroatoms. The minimum absolute atomic E-state index is 0.0556. The van der Waals surface area contributed by atoms with Gasteiger partial charge >= 0.3 is 12.1 Å². The van der Waals surface area contributed by atoms with Gasteiger partial charge in [-0.05, 0) is 26.8 Å². The Morgan fingerprint density at radius 3 is 2.50 bits per heavy atom. The Kier molecular flexibility index (Phi) is 3.36. The summed E-state index contributed by atoms with van der Waals surface area (Å²) in [6, 6.07) is 2.06. The van der Waals surface area contributed by atoms with Crippen LogP contribution < -0.4 is 4.74 Å². The molecule has 2 rings (SSSR count). The van der Waals surface area contributed by atoms with E-state index in [-0.39, 0.29) is 12.2 Å². The molecular weight excluding hydrogens is 234 g/mol. The van der Waals surface area contributed by atoms with Crippen molar-refractivity contribution in [2.24, 2.45) is 0 Å². The summed E-state index contributed by atoms with van der Waals surface area (Å²) in [5, 5.41) is 0. The Morgan fingerprint density at radius 2 is 1.94 bits per heavy atom. The molecule has 1 aromatic rings. The Morgan fingerprint density at radius 1 is 1.33 bits per heavy atom. The molecule has 18 heavy (non-hydrogen) atoms. The number of hydrogen-bond donors (Lipinski definition) is 0. The topological polar surface area (TPSA) is 64.5 Å². The molecule has 0 radical (unpaired) electrons. The van der Waals surface area contributed by atoms with Crippen molar-refractivity contribution in [3.05, 3.63) is 18.5 Å². The lowest BCUT2D eigenvalue weighted by molar-refractivity contribution is -0.0244. The number of rotatable bonds is 2. The van der Waals surface area contributed by atoms with Gasteiger partial charge in [-0.15, -0.1) is 0 Å². The molecule has 0 N–H and O–H groups in total. The molecule has 1 saturated heterocycles. The number of carbonyl (C=O) groups is 1. The Hall–Kier alpha value is -1.85. The molecule has 0 bridgehead atoms. The van der Waals surface area contributed by atoms with Crippen molar-refractivity contribution in [2.75, 3.05) is 13.1 Å². The fourth-order valence-corrected chi connectivity index (χ4v) is 1.48. The van der Waals surface area contributed by atoms with Crippen molar-refractivity contribution in [3.63, 3.8) is 0 Å². The van der Waals surface area contributed by atoms with Gasteiger partial charge in [0.2, 0.25) is 0 Å². The van der Waals surface area contributed by atoms with E-state index in [0.29, 0.717) is 19.1 Å². The van der Waals surface area contributed by atoms with Gasteiger partial charge in [-0.2, -0.15) is 0 Å². The molecule has 0 saturated carbocycles. The number of nitrogens with zero attached hydrogens (tertiary/aromatic N) is 3. The van der Waals surface area contributed by atoms with Gasteiger partial charge in [0.15, 0.2) is 0 Å². The smallest absolute Gasteiger partial charge is 0.410 e. The summed E-state index contributed by atoms with van der Waals surface area (Å²) in [6.45, 7) is 6.55. The molecule has 0 atom stereocenters. The minimum atomic E-state index is -0.467. The van der Waals surface area contributed by atoms with E-state index in [1.54, 1.807) is 23.4 Å². The molecule has 2 heterocycles. The van der Waals surface area contributed by atoms with Gasteiger partial charge in [-0.25, -0.2) is 14.8 Å². The quantitative estimate of drug-likeness (QED) is 0.796. The first-order valence-electron chi connectivity index (χ1n) is 5.86. The average molecular weight is 251 g/mol. The Bertz CT molecular complexity index is 410. The second kappa shape index (κ2) is 4.80. The molecule has 0 aromatic carbocycles. The maximum absolute atomic E-state index is 11.7. The lowest BCUT2D eigenvalue weighted by Crippen LogP contribution is -2.57. The second-order valence-corrected chi connectivity index (χ2v) is 5.16. The standard InChI is InChI=1S/C12H17N3O3/c1-12(2,3)18-11(16)15-7-9(8-15)17-10-13-5-4-6-14-10/h4-6,9H,7-8H2,1-3H3. The summed E-state index contributed by atoms with van der Waals surface area (Å²) < 4.78 is 10.7. The summed E-state index contributed by atoms with van der Waals surface area (Å²) in [5.41, 5.74) is -0.467. The third kappa shape index (κ3) is 3.32. The predicted molar refractivity (Wildman–Crippen MR) is 64.3 cm³/mol. The van der Waals surface area contributed by atoms with Crippen LogP contribution in [0.15, 0.2) is 18.5 Å². The molecule has 6 nitrogen and oxygen atoms in total. The summed E-state index contributed by atoms with van der Waals surface area (Å²) in [7, 11) is 0. The van der Waals surface area contributed by atoms with Gasteiger partial charge in [0.25, 0.3) is 0 Å². The highest BCUT2D eigenvalue weighted by molar-refractivity contribution is 5.69. The summed E-state index contributed by atoms with van der Waals surface area (Å²) in [6.07, 6.45) is 2.87. The molecule has 0 aliphatic carbocycles. The first-order chi connectivity index (χ1) is 8.44. The van der Waals surface area contributed by atoms with Crippen LogP contribution in [0.1, 0.15) is 20.8 Å². The third-order valence-electron chi connectivity index (χ3n) is 2.31. The van der Waals surface area contributed by atoms with E-state index in [0.717, 1.165) is 0 Å².